The van der Waals surface area contributed by atoms with Crippen molar-refractivity contribution in [2.24, 2.45) is 0 Å². The van der Waals surface area contributed by atoms with Crippen LogP contribution in [0.5, 0.6) is 0 Å². The summed E-state index contributed by atoms with van der Waals surface area (Å²) in [6.45, 7) is 0. The van der Waals surface area contributed by atoms with Crippen LogP contribution in [0.3, 0.4) is 0 Å². The second-order valence-electron chi connectivity index (χ2n) is 3.10. The first-order valence-electron chi connectivity index (χ1n) is 4.51. The molecule has 0 atom stereocenters. The molecule has 1 heterocycles. The van der Waals surface area contributed by atoms with Gasteiger partial charge < -0.3 is 14.8 Å². The molecule has 0 aliphatic rings. The maximum atomic E-state index is 10.6. The lowest BCUT2D eigenvalue weighted by Crippen LogP contribution is -1.92. The van der Waals surface area contributed by atoms with Gasteiger partial charge >= 0.3 is 5.97 Å². The van der Waals surface area contributed by atoms with Gasteiger partial charge in [-0.25, -0.2) is 4.79 Å². The summed E-state index contributed by atoms with van der Waals surface area (Å²) in [5.41, 5.74) is 0.859. The fraction of sp³-hybridized carbons (Fsp3) is 0. The molecule has 1 aromatic heterocycles. The molecule has 0 bridgehead atoms. The Bertz CT molecular complexity index is 521. The Hall–Kier alpha value is -1.50. The third-order valence-corrected chi connectivity index (χ3v) is 2.58. The molecule has 0 saturated heterocycles. The van der Waals surface area contributed by atoms with Crippen molar-refractivity contribution in [3.8, 4) is 0 Å². The summed E-state index contributed by atoms with van der Waals surface area (Å²) >= 11 is 2.20. The van der Waals surface area contributed by atoms with E-state index >= 15 is 0 Å². The third-order valence-electron chi connectivity index (χ3n) is 1.91. The highest BCUT2D eigenvalue weighted by Gasteiger charge is 2.08. The minimum atomic E-state index is -1.07. The fourth-order valence-electron chi connectivity index (χ4n) is 1.23. The van der Waals surface area contributed by atoms with Gasteiger partial charge in [0.1, 0.15) is 0 Å². The van der Waals surface area contributed by atoms with Gasteiger partial charge in [-0.1, -0.05) is 6.07 Å². The Balaban J connectivity index is 2.17. The summed E-state index contributed by atoms with van der Waals surface area (Å²) in [6, 6.07) is 10.7. The molecule has 82 valence electrons. The summed E-state index contributed by atoms with van der Waals surface area (Å²) in [5.74, 6) is -0.733. The molecule has 5 heteroatoms. The number of benzene rings is 1. The number of hydrogen-bond donors (Lipinski definition) is 2. The number of carboxylic acids is 1. The van der Waals surface area contributed by atoms with Gasteiger partial charge in [0, 0.05) is 15.3 Å². The van der Waals surface area contributed by atoms with Crippen molar-refractivity contribution >= 4 is 40.1 Å². The van der Waals surface area contributed by atoms with Gasteiger partial charge in [0.25, 0.3) is 0 Å². The van der Waals surface area contributed by atoms with Crippen LogP contribution in [0, 0.1) is 3.57 Å². The van der Waals surface area contributed by atoms with Gasteiger partial charge in [-0.05, 0) is 46.9 Å². The standard InChI is InChI=1S/C11H8INO3/c12-7-2-1-3-8(6-7)13-10-5-4-9(16-10)11(14)15/h1-6,13H,(H,14,15). The lowest BCUT2D eigenvalue weighted by molar-refractivity contribution is 0.0663. The number of carbonyl (C=O) groups is 1. The largest absolute Gasteiger partial charge is 0.475 e. The third kappa shape index (κ3) is 2.54. The summed E-state index contributed by atoms with van der Waals surface area (Å²) in [5, 5.41) is 11.7. The maximum absolute atomic E-state index is 10.6. The summed E-state index contributed by atoms with van der Waals surface area (Å²) < 4.78 is 6.17. The molecular formula is C11H8INO3. The zero-order chi connectivity index (χ0) is 11.5. The molecule has 0 aliphatic carbocycles. The highest BCUT2D eigenvalue weighted by molar-refractivity contribution is 14.1. The van der Waals surface area contributed by atoms with Crippen LogP contribution in [-0.2, 0) is 0 Å². The molecule has 2 aromatic rings. The number of aromatic carboxylic acids is 1. The molecule has 0 unspecified atom stereocenters. The highest BCUT2D eigenvalue weighted by atomic mass is 127. The van der Waals surface area contributed by atoms with E-state index in [1.54, 1.807) is 6.07 Å². The molecule has 4 nitrogen and oxygen atoms in total. The Labute approximate surface area is 105 Å². The van der Waals surface area contributed by atoms with Gasteiger partial charge in [-0.3, -0.25) is 0 Å². The predicted molar refractivity (Wildman–Crippen MR) is 68.1 cm³/mol. The SMILES string of the molecule is O=C(O)c1ccc(Nc2cccc(I)c2)o1. The van der Waals surface area contributed by atoms with Crippen molar-refractivity contribution in [2.75, 3.05) is 5.32 Å². The molecule has 0 spiro atoms. The number of furan rings is 1. The van der Waals surface area contributed by atoms with Crippen molar-refractivity contribution < 1.29 is 14.3 Å². The smallest absolute Gasteiger partial charge is 0.371 e. The Morgan fingerprint density at radius 3 is 2.75 bits per heavy atom. The first-order chi connectivity index (χ1) is 7.65. The first-order valence-corrected chi connectivity index (χ1v) is 5.59. The topological polar surface area (TPSA) is 62.5 Å². The van der Waals surface area contributed by atoms with Crippen molar-refractivity contribution in [2.45, 2.75) is 0 Å². The van der Waals surface area contributed by atoms with Crippen molar-refractivity contribution in [3.63, 3.8) is 0 Å². The fourth-order valence-corrected chi connectivity index (χ4v) is 1.77. The van der Waals surface area contributed by atoms with Crippen LogP contribution in [0.15, 0.2) is 40.8 Å². The quantitative estimate of drug-likeness (QED) is 0.848. The minimum Gasteiger partial charge on any atom is -0.475 e. The zero-order valence-corrected chi connectivity index (χ0v) is 10.3. The lowest BCUT2D eigenvalue weighted by atomic mass is 10.3. The molecule has 0 amide bonds. The molecule has 2 rings (SSSR count). The van der Waals surface area contributed by atoms with Gasteiger partial charge in [-0.2, -0.15) is 0 Å². The first kappa shape index (κ1) is 11.0. The predicted octanol–water partition coefficient (Wildman–Crippen LogP) is 3.33. The lowest BCUT2D eigenvalue weighted by Gasteiger charge is -2.02. The molecule has 0 fully saturated rings. The van der Waals surface area contributed by atoms with E-state index in [0.29, 0.717) is 5.88 Å². The number of carboxylic acid groups (broad SMARTS) is 1. The Morgan fingerprint density at radius 1 is 1.31 bits per heavy atom. The van der Waals surface area contributed by atoms with Gasteiger partial charge in [0.2, 0.25) is 5.76 Å². The van der Waals surface area contributed by atoms with Crippen LogP contribution in [0.4, 0.5) is 11.6 Å². The molecule has 16 heavy (non-hydrogen) atoms. The van der Waals surface area contributed by atoms with Crippen molar-refractivity contribution in [3.05, 3.63) is 45.7 Å². The van der Waals surface area contributed by atoms with E-state index in [9.17, 15) is 4.79 Å². The average molecular weight is 329 g/mol. The normalized spacial score (nSPS) is 10.1. The van der Waals surface area contributed by atoms with Crippen LogP contribution >= 0.6 is 22.6 Å². The van der Waals surface area contributed by atoms with E-state index < -0.39 is 5.97 Å². The zero-order valence-electron chi connectivity index (χ0n) is 8.11. The van der Waals surface area contributed by atoms with E-state index in [-0.39, 0.29) is 5.76 Å². The Kier molecular flexibility index (Phi) is 3.14. The molecule has 0 radical (unpaired) electrons. The molecular weight excluding hydrogens is 321 g/mol. The van der Waals surface area contributed by atoms with E-state index in [2.05, 4.69) is 27.9 Å². The number of hydrogen-bond acceptors (Lipinski definition) is 3. The average Bonchev–Trinajstić information content (AvgIpc) is 2.66. The van der Waals surface area contributed by atoms with Gasteiger partial charge in [-0.15, -0.1) is 0 Å². The Morgan fingerprint density at radius 2 is 2.12 bits per heavy atom. The molecule has 1 aromatic carbocycles. The van der Waals surface area contributed by atoms with Crippen LogP contribution < -0.4 is 5.32 Å². The van der Waals surface area contributed by atoms with E-state index in [4.69, 9.17) is 9.52 Å². The monoisotopic (exact) mass is 329 g/mol. The van der Waals surface area contributed by atoms with E-state index in [1.165, 1.54) is 6.07 Å². The van der Waals surface area contributed by atoms with Gasteiger partial charge in [0.05, 0.1) is 0 Å². The van der Waals surface area contributed by atoms with Crippen molar-refractivity contribution in [1.82, 2.24) is 0 Å². The second-order valence-corrected chi connectivity index (χ2v) is 4.35. The molecule has 0 saturated carbocycles. The maximum Gasteiger partial charge on any atom is 0.371 e. The summed E-state index contributed by atoms with van der Waals surface area (Å²) in [4.78, 5) is 10.6. The molecule has 0 aliphatic heterocycles. The number of halogens is 1. The van der Waals surface area contributed by atoms with Crippen LogP contribution in [0.1, 0.15) is 10.6 Å². The van der Waals surface area contributed by atoms with Crippen LogP contribution in [-0.4, -0.2) is 11.1 Å². The molecule has 2 N–H and O–H groups in total. The van der Waals surface area contributed by atoms with Crippen LogP contribution in [0.25, 0.3) is 0 Å². The van der Waals surface area contributed by atoms with E-state index in [0.717, 1.165) is 9.26 Å². The number of rotatable bonds is 3. The second kappa shape index (κ2) is 4.56. The number of anilines is 2. The highest BCUT2D eigenvalue weighted by Crippen LogP contribution is 2.20. The number of nitrogens with one attached hydrogen (secondary N) is 1. The minimum absolute atomic E-state index is 0.0758. The van der Waals surface area contributed by atoms with Gasteiger partial charge in [0.15, 0.2) is 5.88 Å². The van der Waals surface area contributed by atoms with E-state index in [1.807, 2.05) is 24.3 Å². The van der Waals surface area contributed by atoms with Crippen molar-refractivity contribution in [1.29, 1.82) is 0 Å². The summed E-state index contributed by atoms with van der Waals surface area (Å²) in [6.07, 6.45) is 0. The summed E-state index contributed by atoms with van der Waals surface area (Å²) in [7, 11) is 0. The van der Waals surface area contributed by atoms with Crippen LogP contribution in [0.2, 0.25) is 0 Å².